The van der Waals surface area contributed by atoms with Gasteiger partial charge in [0.1, 0.15) is 23.3 Å². The zero-order valence-electron chi connectivity index (χ0n) is 28.5. The van der Waals surface area contributed by atoms with Crippen molar-refractivity contribution in [3.8, 4) is 22.4 Å². The summed E-state index contributed by atoms with van der Waals surface area (Å²) in [6, 6.07) is 13.4. The summed E-state index contributed by atoms with van der Waals surface area (Å²) in [6.45, 7) is 10.7. The number of nitrogens with one attached hydrogen (secondary N) is 3. The second kappa shape index (κ2) is 13.3. The largest absolute Gasteiger partial charge is 0.453 e. The first kappa shape index (κ1) is 33.0. The topological polar surface area (TPSA) is 146 Å². The number of imidazole rings is 2. The maximum atomic E-state index is 13.5. The van der Waals surface area contributed by atoms with E-state index in [1.54, 1.807) is 11.1 Å². The van der Waals surface area contributed by atoms with Gasteiger partial charge in [-0.1, -0.05) is 44.2 Å². The second-order valence-electron chi connectivity index (χ2n) is 14.0. The lowest BCUT2D eigenvalue weighted by atomic mass is 10.0. The number of aromatic amines is 2. The molecule has 3 atom stereocenters. The van der Waals surface area contributed by atoms with Crippen LogP contribution in [0.1, 0.15) is 84.0 Å². The summed E-state index contributed by atoms with van der Waals surface area (Å²) in [5.74, 6) is 1.28. The molecule has 2 aliphatic rings. The third-order valence-electron chi connectivity index (χ3n) is 9.06. The van der Waals surface area contributed by atoms with Gasteiger partial charge in [-0.25, -0.2) is 19.6 Å². The van der Waals surface area contributed by atoms with Crippen LogP contribution in [-0.2, 0) is 14.3 Å². The Morgan fingerprint density at radius 2 is 1.54 bits per heavy atom. The molecule has 0 bridgehead atoms. The molecule has 0 aliphatic carbocycles. The van der Waals surface area contributed by atoms with Crippen molar-refractivity contribution in [2.75, 3.05) is 20.2 Å². The van der Waals surface area contributed by atoms with Crippen LogP contribution in [0.3, 0.4) is 0 Å². The first-order valence-electron chi connectivity index (χ1n) is 16.7. The Bertz CT molecular complexity index is 1790. The molecule has 6 rings (SSSR count). The fourth-order valence-electron chi connectivity index (χ4n) is 6.64. The fourth-order valence-corrected chi connectivity index (χ4v) is 6.64. The van der Waals surface area contributed by atoms with Crippen molar-refractivity contribution in [1.29, 1.82) is 0 Å². The number of hydrogen-bond acceptors (Lipinski definition) is 7. The smallest absolute Gasteiger partial charge is 0.410 e. The molecule has 0 unspecified atom stereocenters. The average Bonchev–Trinajstić information content (AvgIpc) is 3.87. The van der Waals surface area contributed by atoms with Crippen molar-refractivity contribution in [3.63, 3.8) is 0 Å². The SMILES string of the molecule is COC(=O)N[C@H](C(=O)N1CCC[C@H]1c1ncc(-c2ccc(-c3ccc4nc([C@@H]5CCCN5C(=O)OC(C)(C)C)[nH]c4c3)cc2)[nH]1)C(C)C. The highest BCUT2D eigenvalue weighted by Crippen LogP contribution is 2.35. The number of carbonyl (C=O) groups is 3. The highest BCUT2D eigenvalue weighted by molar-refractivity contribution is 5.86. The molecule has 2 saturated heterocycles. The number of alkyl carbamates (subject to hydrolysis) is 1. The van der Waals surface area contributed by atoms with Crippen molar-refractivity contribution in [3.05, 3.63) is 60.3 Å². The quantitative estimate of drug-likeness (QED) is 0.200. The van der Waals surface area contributed by atoms with Gasteiger partial charge in [-0.2, -0.15) is 0 Å². The molecule has 254 valence electrons. The third kappa shape index (κ3) is 6.88. The van der Waals surface area contributed by atoms with Gasteiger partial charge in [-0.15, -0.1) is 0 Å². The zero-order valence-corrected chi connectivity index (χ0v) is 28.5. The number of hydrogen-bond donors (Lipinski definition) is 3. The lowest BCUT2D eigenvalue weighted by Crippen LogP contribution is -2.51. The number of aromatic nitrogens is 4. The summed E-state index contributed by atoms with van der Waals surface area (Å²) in [6.07, 6.45) is 4.26. The van der Waals surface area contributed by atoms with Crippen LogP contribution in [0.25, 0.3) is 33.4 Å². The molecule has 2 fully saturated rings. The summed E-state index contributed by atoms with van der Waals surface area (Å²) in [7, 11) is 1.29. The molecule has 0 saturated carbocycles. The lowest BCUT2D eigenvalue weighted by molar-refractivity contribution is -0.135. The van der Waals surface area contributed by atoms with Gasteiger partial charge in [0.15, 0.2) is 0 Å². The number of benzene rings is 2. The Morgan fingerprint density at radius 3 is 2.21 bits per heavy atom. The molecule has 4 aromatic rings. The van der Waals surface area contributed by atoms with Crippen LogP contribution in [0.2, 0.25) is 0 Å². The van der Waals surface area contributed by atoms with Crippen LogP contribution >= 0.6 is 0 Å². The Hall–Kier alpha value is -4.87. The van der Waals surface area contributed by atoms with Crippen LogP contribution in [0, 0.1) is 5.92 Å². The minimum Gasteiger partial charge on any atom is -0.453 e. The Morgan fingerprint density at radius 1 is 0.896 bits per heavy atom. The molecule has 12 nitrogen and oxygen atoms in total. The summed E-state index contributed by atoms with van der Waals surface area (Å²) >= 11 is 0. The monoisotopic (exact) mass is 655 g/mol. The van der Waals surface area contributed by atoms with Gasteiger partial charge < -0.3 is 29.7 Å². The number of ether oxygens (including phenoxy) is 2. The van der Waals surface area contributed by atoms with E-state index in [0.717, 1.165) is 70.7 Å². The second-order valence-corrected chi connectivity index (χ2v) is 14.0. The van der Waals surface area contributed by atoms with E-state index in [0.29, 0.717) is 13.1 Å². The number of carbonyl (C=O) groups excluding carboxylic acids is 3. The number of rotatable bonds is 7. The minimum atomic E-state index is -0.678. The molecule has 3 amide bonds. The number of nitrogens with zero attached hydrogens (tertiary/aromatic N) is 4. The molecule has 3 N–H and O–H groups in total. The van der Waals surface area contributed by atoms with E-state index in [2.05, 4.69) is 56.7 Å². The van der Waals surface area contributed by atoms with Gasteiger partial charge in [0.25, 0.3) is 0 Å². The van der Waals surface area contributed by atoms with Crippen molar-refractivity contribution >= 4 is 29.1 Å². The van der Waals surface area contributed by atoms with E-state index < -0.39 is 17.7 Å². The van der Waals surface area contributed by atoms with Gasteiger partial charge in [-0.3, -0.25) is 9.69 Å². The third-order valence-corrected chi connectivity index (χ3v) is 9.06. The number of methoxy groups -OCH3 is 1. The van der Waals surface area contributed by atoms with Gasteiger partial charge in [0.05, 0.1) is 42.1 Å². The summed E-state index contributed by atoms with van der Waals surface area (Å²) < 4.78 is 10.4. The van der Waals surface area contributed by atoms with Gasteiger partial charge in [0.2, 0.25) is 5.91 Å². The maximum absolute atomic E-state index is 13.5. The minimum absolute atomic E-state index is 0.0959. The molecule has 2 aromatic carbocycles. The summed E-state index contributed by atoms with van der Waals surface area (Å²) in [5, 5.41) is 2.69. The van der Waals surface area contributed by atoms with Crippen molar-refractivity contribution in [2.24, 2.45) is 5.92 Å². The first-order valence-corrected chi connectivity index (χ1v) is 16.7. The van der Waals surface area contributed by atoms with E-state index in [1.165, 1.54) is 7.11 Å². The van der Waals surface area contributed by atoms with E-state index in [4.69, 9.17) is 14.5 Å². The molecule has 2 aliphatic heterocycles. The van der Waals surface area contributed by atoms with Crippen LogP contribution in [0.15, 0.2) is 48.7 Å². The molecule has 2 aromatic heterocycles. The molecule has 4 heterocycles. The molecular formula is C36H45N7O5. The molecule has 0 radical (unpaired) electrons. The average molecular weight is 656 g/mol. The van der Waals surface area contributed by atoms with Crippen LogP contribution < -0.4 is 5.32 Å². The standard InChI is InChI=1S/C36H45N7O5/c1-21(2)30(41-34(45)47-6)33(44)42-17-7-9-28(42)31-37-20-27(40-31)23-13-11-22(12-14-23)24-15-16-25-26(19-24)39-32(38-25)29-10-8-18-43(29)35(46)48-36(3,4)5/h11-16,19-21,28-30H,7-10,17-18H2,1-6H3,(H,37,40)(H,38,39)(H,41,45)/t28-,29-,30-/m0/s1. The number of amides is 3. The van der Waals surface area contributed by atoms with Gasteiger partial charge in [-0.05, 0) is 81.2 Å². The fraction of sp³-hybridized carbons (Fsp3) is 0.472. The van der Waals surface area contributed by atoms with Gasteiger partial charge >= 0.3 is 12.2 Å². The predicted octanol–water partition coefficient (Wildman–Crippen LogP) is 6.74. The number of H-pyrrole nitrogens is 2. The predicted molar refractivity (Wildman–Crippen MR) is 182 cm³/mol. The summed E-state index contributed by atoms with van der Waals surface area (Å²) in [4.78, 5) is 58.2. The highest BCUT2D eigenvalue weighted by atomic mass is 16.6. The van der Waals surface area contributed by atoms with E-state index in [-0.39, 0.29) is 30.0 Å². The van der Waals surface area contributed by atoms with E-state index in [1.807, 2.05) is 45.6 Å². The maximum Gasteiger partial charge on any atom is 0.410 e. The van der Waals surface area contributed by atoms with Crippen molar-refractivity contribution in [1.82, 2.24) is 35.1 Å². The molecule has 48 heavy (non-hydrogen) atoms. The molecule has 12 heteroatoms. The molecule has 0 spiro atoms. The van der Waals surface area contributed by atoms with Crippen LogP contribution in [0.4, 0.5) is 9.59 Å². The Balaban J connectivity index is 1.16. The normalized spacial score (nSPS) is 18.8. The molecular weight excluding hydrogens is 610 g/mol. The van der Waals surface area contributed by atoms with E-state index >= 15 is 0 Å². The number of likely N-dealkylation sites (tertiary alicyclic amines) is 2. The Kier molecular flexibility index (Phi) is 9.18. The van der Waals surface area contributed by atoms with Crippen molar-refractivity contribution < 1.29 is 23.9 Å². The van der Waals surface area contributed by atoms with Crippen molar-refractivity contribution in [2.45, 2.75) is 84.0 Å². The zero-order chi connectivity index (χ0) is 34.2. The summed E-state index contributed by atoms with van der Waals surface area (Å²) in [5.41, 5.74) is 5.16. The van der Waals surface area contributed by atoms with Crippen LogP contribution in [-0.4, -0.2) is 79.7 Å². The highest BCUT2D eigenvalue weighted by Gasteiger charge is 2.38. The number of fused-ring (bicyclic) bond motifs is 1. The Labute approximate surface area is 280 Å². The van der Waals surface area contributed by atoms with Gasteiger partial charge in [0, 0.05) is 13.1 Å². The van der Waals surface area contributed by atoms with Crippen LogP contribution in [0.5, 0.6) is 0 Å². The first-order chi connectivity index (χ1) is 22.9. The lowest BCUT2D eigenvalue weighted by Gasteiger charge is -2.30. The van der Waals surface area contributed by atoms with E-state index in [9.17, 15) is 14.4 Å².